The molecule has 5 heteroatoms. The Balaban J connectivity index is 1.81. The Kier molecular flexibility index (Phi) is 4.17. The Bertz CT molecular complexity index is 853. The summed E-state index contributed by atoms with van der Waals surface area (Å²) in [4.78, 5) is 12.4. The van der Waals surface area contributed by atoms with Gasteiger partial charge in [-0.2, -0.15) is 5.10 Å². The summed E-state index contributed by atoms with van der Waals surface area (Å²) < 4.78 is 1.82. The fourth-order valence-electron chi connectivity index (χ4n) is 2.32. The van der Waals surface area contributed by atoms with Crippen molar-refractivity contribution in [1.29, 1.82) is 0 Å². The summed E-state index contributed by atoms with van der Waals surface area (Å²) in [6.07, 6.45) is 1.75. The summed E-state index contributed by atoms with van der Waals surface area (Å²) in [7, 11) is 0. The van der Waals surface area contributed by atoms with Gasteiger partial charge in [-0.1, -0.05) is 17.7 Å². The van der Waals surface area contributed by atoms with Crippen LogP contribution in [0.2, 0.25) is 5.02 Å². The van der Waals surface area contributed by atoms with Crippen molar-refractivity contribution in [2.75, 3.05) is 5.32 Å². The van der Waals surface area contributed by atoms with E-state index in [1.165, 1.54) is 0 Å². The van der Waals surface area contributed by atoms with Crippen molar-refractivity contribution in [3.8, 4) is 5.69 Å². The number of anilines is 1. The molecule has 2 aromatic carbocycles. The predicted octanol–water partition coefficient (Wildman–Crippen LogP) is 4.39. The van der Waals surface area contributed by atoms with Gasteiger partial charge < -0.3 is 5.32 Å². The third kappa shape index (κ3) is 3.27. The maximum absolute atomic E-state index is 12.4. The minimum atomic E-state index is -0.167. The van der Waals surface area contributed by atoms with E-state index in [1.54, 1.807) is 30.5 Å². The van der Waals surface area contributed by atoms with E-state index in [2.05, 4.69) is 10.4 Å². The number of carbonyl (C=O) groups excluding carboxylic acids is 1. The molecule has 3 aromatic rings. The van der Waals surface area contributed by atoms with E-state index in [0.29, 0.717) is 10.6 Å². The summed E-state index contributed by atoms with van der Waals surface area (Å²) >= 11 is 5.98. The molecule has 1 amide bonds. The molecule has 0 saturated heterocycles. The van der Waals surface area contributed by atoms with Crippen LogP contribution in [0, 0.1) is 13.8 Å². The van der Waals surface area contributed by atoms with E-state index in [1.807, 2.05) is 42.8 Å². The topological polar surface area (TPSA) is 46.9 Å². The monoisotopic (exact) mass is 325 g/mol. The SMILES string of the molecule is Cc1ccc(Cl)cc1NC(=O)c1ccc(-n2nccc2C)cc1. The molecule has 0 fully saturated rings. The van der Waals surface area contributed by atoms with Gasteiger partial charge in [0.15, 0.2) is 0 Å². The zero-order valence-electron chi connectivity index (χ0n) is 12.9. The highest BCUT2D eigenvalue weighted by molar-refractivity contribution is 6.31. The highest BCUT2D eigenvalue weighted by Gasteiger charge is 2.09. The Morgan fingerprint density at radius 3 is 2.48 bits per heavy atom. The summed E-state index contributed by atoms with van der Waals surface area (Å²) in [5.41, 5.74) is 4.22. The second kappa shape index (κ2) is 6.26. The number of aromatic nitrogens is 2. The van der Waals surface area contributed by atoms with Crippen LogP contribution >= 0.6 is 11.6 Å². The van der Waals surface area contributed by atoms with Crippen LogP contribution in [0.15, 0.2) is 54.7 Å². The standard InChI is InChI=1S/C18H16ClN3O/c1-12-3-6-15(19)11-17(12)21-18(23)14-4-7-16(8-5-14)22-13(2)9-10-20-22/h3-11H,1-2H3,(H,21,23). The van der Waals surface area contributed by atoms with Gasteiger partial charge in [0.1, 0.15) is 0 Å². The molecular formula is C18H16ClN3O. The third-order valence-corrected chi connectivity index (χ3v) is 3.89. The van der Waals surface area contributed by atoms with Crippen molar-refractivity contribution in [3.05, 3.63) is 76.6 Å². The molecule has 0 aliphatic carbocycles. The van der Waals surface area contributed by atoms with Crippen LogP contribution in [0.1, 0.15) is 21.6 Å². The van der Waals surface area contributed by atoms with Gasteiger partial charge in [0, 0.05) is 28.2 Å². The lowest BCUT2D eigenvalue weighted by Gasteiger charge is -2.10. The number of halogens is 1. The number of aryl methyl sites for hydroxylation is 2. The zero-order chi connectivity index (χ0) is 16.4. The largest absolute Gasteiger partial charge is 0.322 e. The van der Waals surface area contributed by atoms with Crippen LogP contribution < -0.4 is 5.32 Å². The van der Waals surface area contributed by atoms with E-state index in [4.69, 9.17) is 11.6 Å². The molecule has 1 N–H and O–H groups in total. The van der Waals surface area contributed by atoms with Crippen molar-refractivity contribution < 1.29 is 4.79 Å². The van der Waals surface area contributed by atoms with Crippen molar-refractivity contribution in [3.63, 3.8) is 0 Å². The van der Waals surface area contributed by atoms with Gasteiger partial charge in [-0.25, -0.2) is 4.68 Å². The Labute approximate surface area is 139 Å². The Morgan fingerprint density at radius 1 is 1.09 bits per heavy atom. The first-order chi connectivity index (χ1) is 11.0. The van der Waals surface area contributed by atoms with Crippen molar-refractivity contribution >= 4 is 23.2 Å². The molecule has 0 radical (unpaired) electrons. The lowest BCUT2D eigenvalue weighted by atomic mass is 10.1. The maximum Gasteiger partial charge on any atom is 0.255 e. The van der Waals surface area contributed by atoms with Crippen LogP contribution in [0.5, 0.6) is 0 Å². The second-order valence-corrected chi connectivity index (χ2v) is 5.78. The highest BCUT2D eigenvalue weighted by Crippen LogP contribution is 2.21. The summed E-state index contributed by atoms with van der Waals surface area (Å²) in [5.74, 6) is -0.167. The Morgan fingerprint density at radius 2 is 1.83 bits per heavy atom. The van der Waals surface area contributed by atoms with E-state index in [0.717, 1.165) is 22.6 Å². The minimum Gasteiger partial charge on any atom is -0.322 e. The number of hydrogen-bond acceptors (Lipinski definition) is 2. The first kappa shape index (κ1) is 15.3. The minimum absolute atomic E-state index is 0.167. The maximum atomic E-state index is 12.4. The van der Waals surface area contributed by atoms with Gasteiger partial charge in [-0.15, -0.1) is 0 Å². The molecule has 1 heterocycles. The smallest absolute Gasteiger partial charge is 0.255 e. The van der Waals surface area contributed by atoms with Gasteiger partial charge in [-0.05, 0) is 61.9 Å². The lowest BCUT2D eigenvalue weighted by Crippen LogP contribution is -2.13. The van der Waals surface area contributed by atoms with Gasteiger partial charge in [0.05, 0.1) is 5.69 Å². The predicted molar refractivity (Wildman–Crippen MR) is 92.4 cm³/mol. The van der Waals surface area contributed by atoms with Crippen molar-refractivity contribution in [2.45, 2.75) is 13.8 Å². The van der Waals surface area contributed by atoms with Gasteiger partial charge in [-0.3, -0.25) is 4.79 Å². The molecule has 3 rings (SSSR count). The van der Waals surface area contributed by atoms with Gasteiger partial charge in [0.2, 0.25) is 0 Å². The molecule has 0 aliphatic heterocycles. The molecule has 0 unspecified atom stereocenters. The molecule has 0 bridgehead atoms. The second-order valence-electron chi connectivity index (χ2n) is 5.34. The first-order valence-corrected chi connectivity index (χ1v) is 7.61. The number of benzene rings is 2. The Hall–Kier alpha value is -2.59. The van der Waals surface area contributed by atoms with Gasteiger partial charge in [0.25, 0.3) is 5.91 Å². The molecule has 0 atom stereocenters. The number of carbonyl (C=O) groups is 1. The molecule has 0 aliphatic rings. The molecule has 23 heavy (non-hydrogen) atoms. The summed E-state index contributed by atoms with van der Waals surface area (Å²) in [6.45, 7) is 3.91. The molecule has 116 valence electrons. The normalized spacial score (nSPS) is 10.6. The molecule has 0 spiro atoms. The van der Waals surface area contributed by atoms with Crippen molar-refractivity contribution in [1.82, 2.24) is 9.78 Å². The number of amides is 1. The number of nitrogens with zero attached hydrogens (tertiary/aromatic N) is 2. The number of hydrogen-bond donors (Lipinski definition) is 1. The van der Waals surface area contributed by atoms with Crippen LogP contribution in [-0.4, -0.2) is 15.7 Å². The molecular weight excluding hydrogens is 310 g/mol. The quantitative estimate of drug-likeness (QED) is 0.776. The van der Waals surface area contributed by atoms with E-state index >= 15 is 0 Å². The average Bonchev–Trinajstić information content (AvgIpc) is 2.97. The van der Waals surface area contributed by atoms with Crippen LogP contribution in [-0.2, 0) is 0 Å². The van der Waals surface area contributed by atoms with Crippen LogP contribution in [0.25, 0.3) is 5.69 Å². The first-order valence-electron chi connectivity index (χ1n) is 7.23. The lowest BCUT2D eigenvalue weighted by molar-refractivity contribution is 0.102. The molecule has 1 aromatic heterocycles. The van der Waals surface area contributed by atoms with Crippen molar-refractivity contribution in [2.24, 2.45) is 0 Å². The highest BCUT2D eigenvalue weighted by atomic mass is 35.5. The van der Waals surface area contributed by atoms with E-state index < -0.39 is 0 Å². The fraction of sp³-hybridized carbons (Fsp3) is 0.111. The molecule has 0 saturated carbocycles. The molecule has 4 nitrogen and oxygen atoms in total. The average molecular weight is 326 g/mol. The third-order valence-electron chi connectivity index (χ3n) is 3.65. The summed E-state index contributed by atoms with van der Waals surface area (Å²) in [6, 6.07) is 14.7. The fourth-order valence-corrected chi connectivity index (χ4v) is 2.49. The van der Waals surface area contributed by atoms with E-state index in [9.17, 15) is 4.79 Å². The number of rotatable bonds is 3. The number of nitrogens with one attached hydrogen (secondary N) is 1. The van der Waals surface area contributed by atoms with Crippen LogP contribution in [0.3, 0.4) is 0 Å². The van der Waals surface area contributed by atoms with E-state index in [-0.39, 0.29) is 5.91 Å². The van der Waals surface area contributed by atoms with Gasteiger partial charge >= 0.3 is 0 Å². The zero-order valence-corrected chi connectivity index (χ0v) is 13.6. The van der Waals surface area contributed by atoms with Crippen LogP contribution in [0.4, 0.5) is 5.69 Å². The summed E-state index contributed by atoms with van der Waals surface area (Å²) in [5, 5.41) is 7.73.